The number of hydrogen-bond donors (Lipinski definition) is 0. The molecule has 2 aliphatic rings. The van der Waals surface area contributed by atoms with Gasteiger partial charge in [0.05, 0.1) is 6.04 Å². The molecule has 0 aliphatic carbocycles. The number of carbonyl (C=O) groups excluding carboxylic acids is 1. The van der Waals surface area contributed by atoms with Crippen LogP contribution in [0.1, 0.15) is 29.8 Å². The van der Waals surface area contributed by atoms with E-state index in [9.17, 15) is 26.7 Å². The predicted octanol–water partition coefficient (Wildman–Crippen LogP) is 4.74. The highest BCUT2D eigenvalue weighted by Gasteiger charge is 2.42. The fourth-order valence-corrected chi connectivity index (χ4v) is 3.62. The summed E-state index contributed by atoms with van der Waals surface area (Å²) in [4.78, 5) is 14.0. The molecule has 0 spiro atoms. The smallest absolute Gasteiger partial charge is 0.322 e. The summed E-state index contributed by atoms with van der Waals surface area (Å²) >= 11 is 0. The van der Waals surface area contributed by atoms with Crippen LogP contribution in [0.25, 0.3) is 0 Å². The first-order valence-electron chi connectivity index (χ1n) is 8.99. The Hall–Kier alpha value is -2.97. The van der Waals surface area contributed by atoms with Crippen LogP contribution in [0.15, 0.2) is 41.5 Å². The minimum absolute atomic E-state index is 0.0209. The minimum Gasteiger partial charge on any atom is -0.322 e. The van der Waals surface area contributed by atoms with Crippen molar-refractivity contribution in [3.8, 4) is 0 Å². The minimum atomic E-state index is -1.69. The van der Waals surface area contributed by atoms with Crippen molar-refractivity contribution in [2.24, 2.45) is 11.0 Å². The van der Waals surface area contributed by atoms with E-state index < -0.39 is 47.4 Å². The highest BCUT2D eigenvalue weighted by atomic mass is 19.2. The van der Waals surface area contributed by atoms with Gasteiger partial charge in [0.15, 0.2) is 0 Å². The molecule has 0 saturated carbocycles. The fourth-order valence-electron chi connectivity index (χ4n) is 3.62. The molecule has 1 fully saturated rings. The number of hydrogen-bond acceptors (Lipinski definition) is 2. The molecule has 2 atom stereocenters. The van der Waals surface area contributed by atoms with Crippen molar-refractivity contribution >= 4 is 12.2 Å². The molecule has 2 aliphatic heterocycles. The van der Waals surface area contributed by atoms with E-state index in [0.717, 1.165) is 35.3 Å². The highest BCUT2D eigenvalue weighted by molar-refractivity contribution is 5.79. The Morgan fingerprint density at radius 2 is 1.69 bits per heavy atom. The Labute approximate surface area is 163 Å². The van der Waals surface area contributed by atoms with Crippen LogP contribution in [-0.2, 0) is 0 Å². The first-order valence-corrected chi connectivity index (χ1v) is 8.99. The van der Waals surface area contributed by atoms with Crippen molar-refractivity contribution < 1.29 is 26.7 Å². The van der Waals surface area contributed by atoms with Gasteiger partial charge in [0, 0.05) is 49.3 Å². The lowest BCUT2D eigenvalue weighted by Crippen LogP contribution is -2.55. The number of benzene rings is 2. The van der Waals surface area contributed by atoms with Gasteiger partial charge in [0.2, 0.25) is 0 Å². The molecular weight excluding hydrogens is 393 g/mol. The van der Waals surface area contributed by atoms with Crippen molar-refractivity contribution in [1.82, 2.24) is 9.91 Å². The summed E-state index contributed by atoms with van der Waals surface area (Å²) in [6, 6.07) is 4.46. The molecule has 4 nitrogen and oxygen atoms in total. The van der Waals surface area contributed by atoms with E-state index in [1.165, 1.54) is 11.1 Å². The molecule has 0 aromatic heterocycles. The number of nitrogens with zero attached hydrogens (tertiary/aromatic N) is 3. The van der Waals surface area contributed by atoms with Crippen LogP contribution >= 0.6 is 0 Å². The standard InChI is InChI=1S/C20H16F5N3O/c21-13-1-2-16(17(24)8-13)19(25)12-9-27(10-12)20(29)28-18(3-4-26-28)11-5-14(22)7-15(23)6-11/h1-2,4-8,12,18-19H,3,9-10H2. The van der Waals surface area contributed by atoms with Crippen LogP contribution in [0.2, 0.25) is 0 Å². The summed E-state index contributed by atoms with van der Waals surface area (Å²) in [7, 11) is 0. The highest BCUT2D eigenvalue weighted by Crippen LogP contribution is 2.37. The molecule has 0 N–H and O–H groups in total. The number of alkyl halides is 1. The van der Waals surface area contributed by atoms with Crippen LogP contribution < -0.4 is 0 Å². The maximum absolute atomic E-state index is 14.6. The van der Waals surface area contributed by atoms with E-state index in [1.807, 2.05) is 0 Å². The van der Waals surface area contributed by atoms with Crippen molar-refractivity contribution in [3.05, 3.63) is 70.8 Å². The average molecular weight is 409 g/mol. The van der Waals surface area contributed by atoms with Gasteiger partial charge in [-0.25, -0.2) is 31.8 Å². The molecule has 2 aromatic carbocycles. The molecule has 0 bridgehead atoms. The first-order chi connectivity index (χ1) is 13.8. The van der Waals surface area contributed by atoms with E-state index in [0.29, 0.717) is 12.5 Å². The lowest BCUT2D eigenvalue weighted by molar-refractivity contribution is 0.0419. The van der Waals surface area contributed by atoms with Crippen molar-refractivity contribution in [1.29, 1.82) is 0 Å². The number of hydrazone groups is 1. The number of carbonyl (C=O) groups is 1. The zero-order chi connectivity index (χ0) is 20.7. The molecule has 4 rings (SSSR count). The molecule has 2 amide bonds. The van der Waals surface area contributed by atoms with Crippen molar-refractivity contribution in [2.75, 3.05) is 13.1 Å². The third-order valence-electron chi connectivity index (χ3n) is 5.15. The van der Waals surface area contributed by atoms with Gasteiger partial charge in [-0.05, 0) is 23.8 Å². The number of rotatable bonds is 3. The average Bonchev–Trinajstić information content (AvgIpc) is 3.09. The normalized spacial score (nSPS) is 20.1. The van der Waals surface area contributed by atoms with Crippen LogP contribution in [0.5, 0.6) is 0 Å². The monoisotopic (exact) mass is 409 g/mol. The number of likely N-dealkylation sites (tertiary alicyclic amines) is 1. The van der Waals surface area contributed by atoms with Crippen LogP contribution in [0, 0.1) is 29.2 Å². The summed E-state index contributed by atoms with van der Waals surface area (Å²) in [6.45, 7) is 0.0418. The van der Waals surface area contributed by atoms with Gasteiger partial charge in [-0.15, -0.1) is 0 Å². The van der Waals surface area contributed by atoms with E-state index in [-0.39, 0.29) is 24.2 Å². The summed E-state index contributed by atoms with van der Waals surface area (Å²) < 4.78 is 68.4. The molecule has 0 radical (unpaired) electrons. The zero-order valence-electron chi connectivity index (χ0n) is 15.0. The van der Waals surface area contributed by atoms with Crippen molar-refractivity contribution in [2.45, 2.75) is 18.6 Å². The van der Waals surface area contributed by atoms with E-state index >= 15 is 0 Å². The Kier molecular flexibility index (Phi) is 4.97. The number of amides is 2. The van der Waals surface area contributed by atoms with E-state index in [1.54, 1.807) is 0 Å². The lowest BCUT2D eigenvalue weighted by Gasteiger charge is -2.42. The van der Waals surface area contributed by atoms with Gasteiger partial charge >= 0.3 is 6.03 Å². The topological polar surface area (TPSA) is 35.9 Å². The second-order valence-corrected chi connectivity index (χ2v) is 7.11. The SMILES string of the molecule is O=C(N1CC(C(F)c2ccc(F)cc2F)C1)N1N=CCC1c1cc(F)cc(F)c1. The summed E-state index contributed by atoms with van der Waals surface area (Å²) in [5.41, 5.74) is 0.0120. The number of halogens is 5. The quantitative estimate of drug-likeness (QED) is 0.675. The molecule has 1 saturated heterocycles. The molecular formula is C20H16F5N3O. The summed E-state index contributed by atoms with van der Waals surface area (Å²) in [5, 5.41) is 5.09. The zero-order valence-corrected chi connectivity index (χ0v) is 15.0. The Morgan fingerprint density at radius 3 is 2.34 bits per heavy atom. The maximum Gasteiger partial charge on any atom is 0.341 e. The van der Waals surface area contributed by atoms with Crippen LogP contribution in [-0.4, -0.2) is 35.2 Å². The van der Waals surface area contributed by atoms with Crippen LogP contribution in [0.4, 0.5) is 26.7 Å². The first kappa shape index (κ1) is 19.4. The molecule has 152 valence electrons. The van der Waals surface area contributed by atoms with E-state index in [4.69, 9.17) is 0 Å². The fraction of sp³-hybridized carbons (Fsp3) is 0.300. The Morgan fingerprint density at radius 1 is 1.00 bits per heavy atom. The third-order valence-corrected chi connectivity index (χ3v) is 5.15. The Bertz CT molecular complexity index is 956. The van der Waals surface area contributed by atoms with Gasteiger partial charge in [-0.2, -0.15) is 5.10 Å². The molecule has 2 heterocycles. The van der Waals surface area contributed by atoms with Crippen molar-refractivity contribution in [3.63, 3.8) is 0 Å². The largest absolute Gasteiger partial charge is 0.341 e. The summed E-state index contributed by atoms with van der Waals surface area (Å²) in [5.74, 6) is -3.93. The predicted molar refractivity (Wildman–Crippen MR) is 94.7 cm³/mol. The van der Waals surface area contributed by atoms with E-state index in [2.05, 4.69) is 5.10 Å². The third kappa shape index (κ3) is 3.68. The second kappa shape index (κ2) is 7.46. The van der Waals surface area contributed by atoms with Gasteiger partial charge in [0.1, 0.15) is 29.4 Å². The molecule has 9 heteroatoms. The van der Waals surface area contributed by atoms with Crippen LogP contribution in [0.3, 0.4) is 0 Å². The molecule has 2 unspecified atom stereocenters. The maximum atomic E-state index is 14.6. The van der Waals surface area contributed by atoms with Gasteiger partial charge in [-0.3, -0.25) is 0 Å². The Balaban J connectivity index is 1.42. The molecule has 29 heavy (non-hydrogen) atoms. The van der Waals surface area contributed by atoms with Gasteiger partial charge in [0.25, 0.3) is 0 Å². The number of urea groups is 1. The molecule has 2 aromatic rings. The van der Waals surface area contributed by atoms with Gasteiger partial charge < -0.3 is 4.90 Å². The summed E-state index contributed by atoms with van der Waals surface area (Å²) in [6.07, 6.45) is 0.0715. The lowest BCUT2D eigenvalue weighted by atomic mass is 9.90. The second-order valence-electron chi connectivity index (χ2n) is 7.11. The van der Waals surface area contributed by atoms with Gasteiger partial charge in [-0.1, -0.05) is 6.07 Å².